The van der Waals surface area contributed by atoms with Gasteiger partial charge in [-0.15, -0.1) is 0 Å². The number of rotatable bonds is 6. The van der Waals surface area contributed by atoms with Crippen molar-refractivity contribution in [3.8, 4) is 0 Å². The summed E-state index contributed by atoms with van der Waals surface area (Å²) in [5.74, 6) is -7.09. The maximum Gasteiger partial charge on any atom is 0.326 e. The molecule has 2 aliphatic rings. The van der Waals surface area contributed by atoms with Crippen LogP contribution in [0.3, 0.4) is 0 Å². The van der Waals surface area contributed by atoms with Crippen LogP contribution in [-0.2, 0) is 28.7 Å². The summed E-state index contributed by atoms with van der Waals surface area (Å²) < 4.78 is 5.23. The van der Waals surface area contributed by atoms with Crippen LogP contribution in [0.2, 0.25) is 0 Å². The molecule has 6 atom stereocenters. The Kier molecular flexibility index (Phi) is 5.27. The fourth-order valence-corrected chi connectivity index (χ4v) is 4.09. The van der Waals surface area contributed by atoms with Crippen LogP contribution in [0.15, 0.2) is 30.3 Å². The Morgan fingerprint density at radius 1 is 1.14 bits per heavy atom. The van der Waals surface area contributed by atoms with Crippen molar-refractivity contribution < 1.29 is 38.9 Å². The number of benzene rings is 1. The number of fused-ring (bicyclic) bond motifs is 1. The van der Waals surface area contributed by atoms with Crippen molar-refractivity contribution in [2.24, 2.45) is 5.92 Å². The first-order valence-electron chi connectivity index (χ1n) is 8.95. The molecule has 1 aromatic rings. The SMILES string of the molecule is CC(=O)OC1C(C)C(C(=O)O)N2C(=O)C(NC(=O)C(C(=O)O)c3ccccc3)[C@@H]12. The van der Waals surface area contributed by atoms with Crippen LogP contribution in [0, 0.1) is 5.92 Å². The van der Waals surface area contributed by atoms with Crippen molar-refractivity contribution in [1.29, 1.82) is 0 Å². The fraction of sp³-hybridized carbons (Fsp3) is 0.421. The van der Waals surface area contributed by atoms with Gasteiger partial charge in [0, 0.05) is 12.8 Å². The molecule has 10 nitrogen and oxygen atoms in total. The van der Waals surface area contributed by atoms with Gasteiger partial charge in [-0.2, -0.15) is 0 Å². The van der Waals surface area contributed by atoms with Crippen LogP contribution in [0.1, 0.15) is 25.3 Å². The molecule has 154 valence electrons. The van der Waals surface area contributed by atoms with Crippen LogP contribution < -0.4 is 5.32 Å². The number of hydrogen-bond donors (Lipinski definition) is 3. The van der Waals surface area contributed by atoms with Gasteiger partial charge in [-0.05, 0) is 5.56 Å². The Bertz CT molecular complexity index is 870. The van der Waals surface area contributed by atoms with E-state index in [0.29, 0.717) is 0 Å². The van der Waals surface area contributed by atoms with Crippen molar-refractivity contribution >= 4 is 29.7 Å². The minimum absolute atomic E-state index is 0.237. The van der Waals surface area contributed by atoms with E-state index in [-0.39, 0.29) is 5.56 Å². The molecule has 2 aliphatic heterocycles. The van der Waals surface area contributed by atoms with E-state index in [0.717, 1.165) is 11.8 Å². The monoisotopic (exact) mass is 404 g/mol. The van der Waals surface area contributed by atoms with Gasteiger partial charge in [0.15, 0.2) is 5.92 Å². The summed E-state index contributed by atoms with van der Waals surface area (Å²) >= 11 is 0. The van der Waals surface area contributed by atoms with Crippen LogP contribution in [-0.4, -0.2) is 69.1 Å². The van der Waals surface area contributed by atoms with Crippen molar-refractivity contribution in [2.75, 3.05) is 0 Å². The Morgan fingerprint density at radius 2 is 1.76 bits per heavy atom. The summed E-state index contributed by atoms with van der Waals surface area (Å²) in [5.41, 5.74) is 0.237. The van der Waals surface area contributed by atoms with Gasteiger partial charge in [0.25, 0.3) is 0 Å². The first kappa shape index (κ1) is 20.3. The van der Waals surface area contributed by atoms with Crippen LogP contribution in [0.25, 0.3) is 0 Å². The highest BCUT2D eigenvalue weighted by atomic mass is 16.5. The molecular weight excluding hydrogens is 384 g/mol. The Balaban J connectivity index is 1.85. The highest BCUT2D eigenvalue weighted by molar-refractivity contribution is 6.05. The maximum absolute atomic E-state index is 12.7. The summed E-state index contributed by atoms with van der Waals surface area (Å²) in [7, 11) is 0. The quantitative estimate of drug-likeness (QED) is 0.329. The molecule has 2 heterocycles. The van der Waals surface area contributed by atoms with Gasteiger partial charge < -0.3 is 25.2 Å². The highest BCUT2D eigenvalue weighted by Crippen LogP contribution is 2.41. The van der Waals surface area contributed by atoms with Crippen molar-refractivity contribution in [1.82, 2.24) is 10.2 Å². The minimum atomic E-state index is -1.54. The highest BCUT2D eigenvalue weighted by Gasteiger charge is 2.65. The molecule has 2 saturated heterocycles. The van der Waals surface area contributed by atoms with E-state index < -0.39 is 65.8 Å². The smallest absolute Gasteiger partial charge is 0.326 e. The Hall–Kier alpha value is -3.43. The summed E-state index contributed by atoms with van der Waals surface area (Å²) in [6, 6.07) is 4.54. The van der Waals surface area contributed by atoms with Gasteiger partial charge in [-0.25, -0.2) is 4.79 Å². The molecule has 2 fully saturated rings. The zero-order valence-electron chi connectivity index (χ0n) is 15.6. The van der Waals surface area contributed by atoms with Gasteiger partial charge in [0.2, 0.25) is 11.8 Å². The van der Waals surface area contributed by atoms with Crippen LogP contribution >= 0.6 is 0 Å². The second-order valence-electron chi connectivity index (χ2n) is 7.12. The number of nitrogens with zero attached hydrogens (tertiary/aromatic N) is 1. The molecule has 2 amide bonds. The first-order valence-corrected chi connectivity index (χ1v) is 8.95. The number of carbonyl (C=O) groups excluding carboxylic acids is 3. The first-order chi connectivity index (χ1) is 13.6. The molecule has 0 saturated carbocycles. The number of hydrogen-bond acceptors (Lipinski definition) is 6. The van der Waals surface area contributed by atoms with Gasteiger partial charge in [0.1, 0.15) is 18.2 Å². The number of aliphatic carboxylic acids is 2. The van der Waals surface area contributed by atoms with E-state index >= 15 is 0 Å². The van der Waals surface area contributed by atoms with E-state index in [2.05, 4.69) is 5.32 Å². The lowest BCUT2D eigenvalue weighted by Gasteiger charge is -2.45. The molecule has 0 bridgehead atoms. The van der Waals surface area contributed by atoms with E-state index in [1.54, 1.807) is 25.1 Å². The van der Waals surface area contributed by atoms with E-state index in [1.165, 1.54) is 12.1 Å². The molecule has 29 heavy (non-hydrogen) atoms. The second-order valence-corrected chi connectivity index (χ2v) is 7.12. The molecular formula is C19H20N2O8. The van der Waals surface area contributed by atoms with Crippen molar-refractivity contribution in [2.45, 2.75) is 44.0 Å². The van der Waals surface area contributed by atoms with Gasteiger partial charge in [0.05, 0.1) is 6.04 Å². The lowest BCUT2D eigenvalue weighted by molar-refractivity contribution is -0.166. The Labute approximate surface area is 165 Å². The van der Waals surface area contributed by atoms with Crippen LogP contribution in [0.4, 0.5) is 0 Å². The third-order valence-corrected chi connectivity index (χ3v) is 5.33. The number of carboxylic acid groups (broad SMARTS) is 2. The fourth-order valence-electron chi connectivity index (χ4n) is 4.09. The third-order valence-electron chi connectivity index (χ3n) is 5.33. The zero-order chi connectivity index (χ0) is 21.5. The normalized spacial score (nSPS) is 28.7. The summed E-state index contributed by atoms with van der Waals surface area (Å²) in [5, 5.41) is 21.3. The largest absolute Gasteiger partial charge is 0.480 e. The predicted molar refractivity (Wildman–Crippen MR) is 95.5 cm³/mol. The summed E-state index contributed by atoms with van der Waals surface area (Å²) in [4.78, 5) is 61.0. The number of nitrogens with one attached hydrogen (secondary N) is 1. The molecule has 10 heteroatoms. The molecule has 0 aliphatic carbocycles. The molecule has 3 rings (SSSR count). The Morgan fingerprint density at radius 3 is 2.28 bits per heavy atom. The lowest BCUT2D eigenvalue weighted by Crippen LogP contribution is -2.73. The van der Waals surface area contributed by atoms with Crippen LogP contribution in [0.5, 0.6) is 0 Å². The zero-order valence-corrected chi connectivity index (χ0v) is 15.6. The topological polar surface area (TPSA) is 150 Å². The number of carboxylic acids is 2. The van der Waals surface area contributed by atoms with Crippen molar-refractivity contribution in [3.63, 3.8) is 0 Å². The summed E-state index contributed by atoms with van der Waals surface area (Å²) in [6.45, 7) is 2.70. The maximum atomic E-state index is 12.7. The molecule has 3 N–H and O–H groups in total. The van der Waals surface area contributed by atoms with Gasteiger partial charge in [-0.1, -0.05) is 37.3 Å². The second kappa shape index (κ2) is 7.53. The third kappa shape index (κ3) is 3.41. The number of esters is 1. The molecule has 0 aromatic heterocycles. The number of carbonyl (C=O) groups is 5. The minimum Gasteiger partial charge on any atom is -0.480 e. The van der Waals surface area contributed by atoms with E-state index in [9.17, 15) is 34.2 Å². The van der Waals surface area contributed by atoms with Gasteiger partial charge >= 0.3 is 17.9 Å². The molecule has 5 unspecified atom stereocenters. The number of amides is 2. The average Bonchev–Trinajstić information content (AvgIpc) is 2.89. The average molecular weight is 404 g/mol. The molecule has 0 spiro atoms. The predicted octanol–water partition coefficient (Wildman–Crippen LogP) is -0.415. The van der Waals surface area contributed by atoms with E-state index in [1.807, 2.05) is 0 Å². The van der Waals surface area contributed by atoms with Crippen molar-refractivity contribution in [3.05, 3.63) is 35.9 Å². The van der Waals surface area contributed by atoms with E-state index in [4.69, 9.17) is 4.74 Å². The molecule has 1 aromatic carbocycles. The summed E-state index contributed by atoms with van der Waals surface area (Å²) in [6.07, 6.45) is -0.934. The number of β-lactam (4-membered cyclic amide) rings is 1. The van der Waals surface area contributed by atoms with Gasteiger partial charge in [-0.3, -0.25) is 19.2 Å². The standard InChI is InChI=1S/C19H20N2O8/c1-8-13(19(27)28)21-14(15(8)29-9(2)22)12(17(21)24)20-16(23)11(18(25)26)10-6-4-3-5-7-10/h3-8,11-15H,1-2H3,(H,20,23)(H,25,26)(H,27,28)/t8?,11?,12?,13?,14-,15?/m0/s1. The number of ether oxygens (including phenoxy) is 1. The molecule has 0 radical (unpaired) electrons. The lowest BCUT2D eigenvalue weighted by atomic mass is 9.90.